The molecule has 1 heterocycles. The molecule has 2 rings (SSSR count). The van der Waals surface area contributed by atoms with Gasteiger partial charge in [0.05, 0.1) is 15.5 Å². The standard InChI is InChI=1S/C18H28N2O5S2/c1-4-5-6-18(21)19-14-9-11-20(12-10-14)16-8-7-15(26(2,22)23)13-17(16)27(3,24)25/h7-8,13-14H,4-6,9-12H2,1-3H3,(H,19,21). The molecule has 1 saturated heterocycles. The number of carbonyl (C=O) groups is 1. The molecule has 0 aliphatic carbocycles. The molecule has 0 bridgehead atoms. The van der Waals surface area contributed by atoms with Crippen molar-refractivity contribution in [3.8, 4) is 0 Å². The number of rotatable bonds is 7. The van der Waals surface area contributed by atoms with Gasteiger partial charge in [-0.3, -0.25) is 4.79 Å². The fraction of sp³-hybridized carbons (Fsp3) is 0.611. The smallest absolute Gasteiger partial charge is 0.220 e. The van der Waals surface area contributed by atoms with Crippen LogP contribution in [0.4, 0.5) is 5.69 Å². The van der Waals surface area contributed by atoms with Crippen LogP contribution in [-0.2, 0) is 24.5 Å². The number of nitrogens with one attached hydrogen (secondary N) is 1. The van der Waals surface area contributed by atoms with Crippen molar-refractivity contribution in [2.75, 3.05) is 30.5 Å². The molecule has 1 aromatic carbocycles. The molecule has 1 fully saturated rings. The van der Waals surface area contributed by atoms with Gasteiger partial charge in [0, 0.05) is 38.1 Å². The number of unbranched alkanes of at least 4 members (excludes halogenated alkanes) is 1. The maximum Gasteiger partial charge on any atom is 0.220 e. The van der Waals surface area contributed by atoms with Crippen LogP contribution in [0.3, 0.4) is 0 Å². The Morgan fingerprint density at radius 3 is 2.26 bits per heavy atom. The molecule has 152 valence electrons. The first-order valence-electron chi connectivity index (χ1n) is 9.11. The van der Waals surface area contributed by atoms with Crippen LogP contribution >= 0.6 is 0 Å². The third kappa shape index (κ3) is 5.93. The minimum absolute atomic E-state index is 0.00949. The van der Waals surface area contributed by atoms with Crippen LogP contribution in [0, 0.1) is 0 Å². The van der Waals surface area contributed by atoms with E-state index in [0.717, 1.165) is 38.2 Å². The minimum atomic E-state index is -3.58. The highest BCUT2D eigenvalue weighted by Crippen LogP contribution is 2.30. The number of carbonyl (C=O) groups excluding carboxylic acids is 1. The predicted molar refractivity (Wildman–Crippen MR) is 106 cm³/mol. The van der Waals surface area contributed by atoms with Gasteiger partial charge in [0.2, 0.25) is 5.91 Å². The molecule has 0 unspecified atom stereocenters. The lowest BCUT2D eigenvalue weighted by Crippen LogP contribution is -2.45. The Morgan fingerprint density at radius 2 is 1.74 bits per heavy atom. The van der Waals surface area contributed by atoms with Crippen molar-refractivity contribution in [2.45, 2.75) is 54.9 Å². The van der Waals surface area contributed by atoms with E-state index in [9.17, 15) is 21.6 Å². The summed E-state index contributed by atoms with van der Waals surface area (Å²) in [5.74, 6) is 0.0598. The molecule has 0 spiro atoms. The maximum atomic E-state index is 12.2. The van der Waals surface area contributed by atoms with Gasteiger partial charge in [-0.15, -0.1) is 0 Å². The molecule has 0 aromatic heterocycles. The summed E-state index contributed by atoms with van der Waals surface area (Å²) in [4.78, 5) is 13.8. The van der Waals surface area contributed by atoms with Crippen LogP contribution in [0.25, 0.3) is 0 Å². The van der Waals surface area contributed by atoms with E-state index >= 15 is 0 Å². The topological polar surface area (TPSA) is 101 Å². The molecular weight excluding hydrogens is 388 g/mol. The summed E-state index contributed by atoms with van der Waals surface area (Å²) in [6.45, 7) is 3.24. The zero-order chi connectivity index (χ0) is 20.2. The highest BCUT2D eigenvalue weighted by atomic mass is 32.2. The van der Waals surface area contributed by atoms with Crippen molar-refractivity contribution < 1.29 is 21.6 Å². The Morgan fingerprint density at radius 1 is 1.11 bits per heavy atom. The first-order valence-corrected chi connectivity index (χ1v) is 12.9. The molecule has 1 N–H and O–H groups in total. The van der Waals surface area contributed by atoms with Crippen LogP contribution in [0.2, 0.25) is 0 Å². The van der Waals surface area contributed by atoms with Crippen molar-refractivity contribution in [3.63, 3.8) is 0 Å². The molecule has 7 nitrogen and oxygen atoms in total. The van der Waals surface area contributed by atoms with Gasteiger partial charge >= 0.3 is 0 Å². The molecule has 0 saturated carbocycles. The van der Waals surface area contributed by atoms with Gasteiger partial charge in [0.15, 0.2) is 19.7 Å². The second kappa shape index (κ2) is 8.60. The molecule has 0 radical (unpaired) electrons. The Balaban J connectivity index is 2.15. The fourth-order valence-corrected chi connectivity index (χ4v) is 4.83. The fourth-order valence-electron chi connectivity index (χ4n) is 3.19. The molecule has 1 amide bonds. The van der Waals surface area contributed by atoms with Crippen LogP contribution in [0.15, 0.2) is 28.0 Å². The maximum absolute atomic E-state index is 12.2. The van der Waals surface area contributed by atoms with Crippen LogP contribution in [0.1, 0.15) is 39.0 Å². The zero-order valence-corrected chi connectivity index (χ0v) is 17.7. The summed E-state index contributed by atoms with van der Waals surface area (Å²) >= 11 is 0. The SMILES string of the molecule is CCCCC(=O)NC1CCN(c2ccc(S(C)(=O)=O)cc2S(C)(=O)=O)CC1. The number of amides is 1. The summed E-state index contributed by atoms with van der Waals surface area (Å²) in [5.41, 5.74) is 0.514. The lowest BCUT2D eigenvalue weighted by Gasteiger charge is -2.35. The van der Waals surface area contributed by atoms with Crippen molar-refractivity contribution in [3.05, 3.63) is 18.2 Å². The molecule has 0 atom stereocenters. The van der Waals surface area contributed by atoms with Crippen LogP contribution in [-0.4, -0.2) is 54.4 Å². The van der Waals surface area contributed by atoms with E-state index in [2.05, 4.69) is 5.32 Å². The molecule has 1 aliphatic rings. The molecular formula is C18H28N2O5S2. The van der Waals surface area contributed by atoms with E-state index in [4.69, 9.17) is 0 Å². The number of anilines is 1. The van der Waals surface area contributed by atoms with Crippen molar-refractivity contribution >= 4 is 31.3 Å². The van der Waals surface area contributed by atoms with Gasteiger partial charge in [-0.25, -0.2) is 16.8 Å². The Labute approximate surface area is 162 Å². The van der Waals surface area contributed by atoms with E-state index in [1.807, 2.05) is 11.8 Å². The normalized spacial score (nSPS) is 16.3. The monoisotopic (exact) mass is 416 g/mol. The molecule has 9 heteroatoms. The van der Waals surface area contributed by atoms with Crippen LogP contribution in [0.5, 0.6) is 0 Å². The lowest BCUT2D eigenvalue weighted by atomic mass is 10.0. The van der Waals surface area contributed by atoms with Gasteiger partial charge < -0.3 is 10.2 Å². The van der Waals surface area contributed by atoms with Crippen molar-refractivity contribution in [1.29, 1.82) is 0 Å². The molecule has 27 heavy (non-hydrogen) atoms. The van der Waals surface area contributed by atoms with Crippen molar-refractivity contribution in [1.82, 2.24) is 5.32 Å². The minimum Gasteiger partial charge on any atom is -0.370 e. The van der Waals surface area contributed by atoms with E-state index in [0.29, 0.717) is 25.2 Å². The zero-order valence-electron chi connectivity index (χ0n) is 16.1. The number of hydrogen-bond acceptors (Lipinski definition) is 6. The number of sulfone groups is 2. The lowest BCUT2D eigenvalue weighted by molar-refractivity contribution is -0.122. The first kappa shape index (κ1) is 21.7. The number of hydrogen-bond donors (Lipinski definition) is 1. The summed E-state index contributed by atoms with van der Waals surface area (Å²) in [6.07, 6.45) is 5.95. The highest BCUT2D eigenvalue weighted by Gasteiger charge is 2.25. The quantitative estimate of drug-likeness (QED) is 0.727. The largest absolute Gasteiger partial charge is 0.370 e. The molecule has 1 aliphatic heterocycles. The third-order valence-electron chi connectivity index (χ3n) is 4.72. The highest BCUT2D eigenvalue weighted by molar-refractivity contribution is 7.91. The van der Waals surface area contributed by atoms with Gasteiger partial charge in [-0.05, 0) is 37.5 Å². The van der Waals surface area contributed by atoms with E-state index in [-0.39, 0.29) is 21.7 Å². The average molecular weight is 417 g/mol. The van der Waals surface area contributed by atoms with Crippen molar-refractivity contribution in [2.24, 2.45) is 0 Å². The van der Waals surface area contributed by atoms with Gasteiger partial charge in [-0.1, -0.05) is 13.3 Å². The van der Waals surface area contributed by atoms with E-state index < -0.39 is 19.7 Å². The van der Waals surface area contributed by atoms with Crippen LogP contribution < -0.4 is 10.2 Å². The number of nitrogens with zero attached hydrogens (tertiary/aromatic N) is 1. The van der Waals surface area contributed by atoms with Gasteiger partial charge in [0.1, 0.15) is 0 Å². The second-order valence-electron chi connectivity index (χ2n) is 7.11. The van der Waals surface area contributed by atoms with E-state index in [1.165, 1.54) is 12.1 Å². The molecule has 1 aromatic rings. The third-order valence-corrected chi connectivity index (χ3v) is 6.95. The summed E-state index contributed by atoms with van der Waals surface area (Å²) < 4.78 is 48.0. The number of piperidine rings is 1. The summed E-state index contributed by atoms with van der Waals surface area (Å²) in [5, 5.41) is 3.04. The Hall–Kier alpha value is -1.61. The first-order chi connectivity index (χ1) is 12.5. The summed E-state index contributed by atoms with van der Waals surface area (Å²) in [6, 6.07) is 4.33. The predicted octanol–water partition coefficient (Wildman–Crippen LogP) is 1.77. The second-order valence-corrected chi connectivity index (χ2v) is 11.1. The van der Waals surface area contributed by atoms with Gasteiger partial charge in [-0.2, -0.15) is 0 Å². The van der Waals surface area contributed by atoms with Gasteiger partial charge in [0.25, 0.3) is 0 Å². The Bertz CT molecular complexity index is 886. The summed E-state index contributed by atoms with van der Waals surface area (Å²) in [7, 11) is -7.08. The number of benzene rings is 1. The Kier molecular flexibility index (Phi) is 6.91. The average Bonchev–Trinajstić information content (AvgIpc) is 2.58. The van der Waals surface area contributed by atoms with E-state index in [1.54, 1.807) is 6.07 Å².